The quantitative estimate of drug-likeness (QED) is 0.776. The van der Waals surface area contributed by atoms with E-state index in [0.29, 0.717) is 15.8 Å². The van der Waals surface area contributed by atoms with E-state index < -0.39 is 24.5 Å². The monoisotopic (exact) mass is 331 g/mol. The molecule has 1 aromatic rings. The van der Waals surface area contributed by atoms with Crippen LogP contribution < -0.4 is 10.1 Å². The molecule has 0 spiro atoms. The average molecular weight is 332 g/mol. The summed E-state index contributed by atoms with van der Waals surface area (Å²) in [5.74, 6) is -0.721. The molecule has 1 amide bonds. The number of ether oxygens (including phenoxy) is 2. The highest BCUT2D eigenvalue weighted by molar-refractivity contribution is 9.10. The summed E-state index contributed by atoms with van der Waals surface area (Å²) in [7, 11) is 2.66. The molecule has 0 fully saturated rings. The highest BCUT2D eigenvalue weighted by Crippen LogP contribution is 2.25. The van der Waals surface area contributed by atoms with Crippen molar-refractivity contribution in [2.24, 2.45) is 0 Å². The number of hydrogen-bond acceptors (Lipinski definition) is 5. The van der Waals surface area contributed by atoms with Crippen LogP contribution in [0.4, 0.5) is 0 Å². The van der Waals surface area contributed by atoms with Gasteiger partial charge in [0.2, 0.25) is 0 Å². The van der Waals surface area contributed by atoms with Crippen LogP contribution >= 0.6 is 15.9 Å². The number of esters is 1. The second-order valence-electron chi connectivity index (χ2n) is 3.58. The fourth-order valence-electron chi connectivity index (χ4n) is 1.36. The van der Waals surface area contributed by atoms with Crippen molar-refractivity contribution in [3.63, 3.8) is 0 Å². The summed E-state index contributed by atoms with van der Waals surface area (Å²) in [5, 5.41) is 11.4. The van der Waals surface area contributed by atoms with Crippen LogP contribution in [-0.2, 0) is 9.53 Å². The summed E-state index contributed by atoms with van der Waals surface area (Å²) in [4.78, 5) is 23.2. The van der Waals surface area contributed by atoms with Gasteiger partial charge in [0.1, 0.15) is 5.75 Å². The summed E-state index contributed by atoms with van der Waals surface area (Å²) < 4.78 is 10.2. The number of aliphatic hydroxyl groups is 1. The van der Waals surface area contributed by atoms with Crippen LogP contribution in [0.5, 0.6) is 5.75 Å². The zero-order valence-electron chi connectivity index (χ0n) is 10.5. The molecule has 1 atom stereocenters. The van der Waals surface area contributed by atoms with Crippen molar-refractivity contribution in [2.45, 2.75) is 6.04 Å². The maximum atomic E-state index is 11.9. The van der Waals surface area contributed by atoms with E-state index in [1.807, 2.05) is 0 Å². The lowest BCUT2D eigenvalue weighted by Crippen LogP contribution is -2.44. The number of aliphatic hydroxyl groups excluding tert-OH is 1. The number of halogens is 1. The van der Waals surface area contributed by atoms with Crippen molar-refractivity contribution < 1.29 is 24.2 Å². The Labute approximate surface area is 118 Å². The minimum absolute atomic E-state index is 0.308. The Morgan fingerprint density at radius 2 is 2.11 bits per heavy atom. The molecule has 0 saturated carbocycles. The van der Waals surface area contributed by atoms with Crippen LogP contribution in [0, 0.1) is 0 Å². The zero-order valence-corrected chi connectivity index (χ0v) is 12.1. The number of methoxy groups -OCH3 is 2. The Hall–Kier alpha value is -1.60. The molecular weight excluding hydrogens is 318 g/mol. The Bertz CT molecular complexity index is 477. The highest BCUT2D eigenvalue weighted by Gasteiger charge is 2.21. The van der Waals surface area contributed by atoms with E-state index in [9.17, 15) is 9.59 Å². The molecule has 2 N–H and O–H groups in total. The van der Waals surface area contributed by atoms with Gasteiger partial charge < -0.3 is 19.9 Å². The van der Waals surface area contributed by atoms with E-state index in [4.69, 9.17) is 9.84 Å². The van der Waals surface area contributed by atoms with Gasteiger partial charge in [-0.1, -0.05) is 0 Å². The Morgan fingerprint density at radius 3 is 2.63 bits per heavy atom. The van der Waals surface area contributed by atoms with E-state index in [1.54, 1.807) is 12.1 Å². The van der Waals surface area contributed by atoms with Crippen LogP contribution in [0.2, 0.25) is 0 Å². The Balaban J connectivity index is 2.85. The van der Waals surface area contributed by atoms with Crippen LogP contribution in [-0.4, -0.2) is 43.9 Å². The molecule has 0 aromatic heterocycles. The third-order valence-corrected chi connectivity index (χ3v) is 3.04. The molecule has 0 heterocycles. The molecular formula is C12H14BrNO5. The molecule has 6 nitrogen and oxygen atoms in total. The number of carbonyl (C=O) groups excluding carboxylic acids is 2. The van der Waals surface area contributed by atoms with Gasteiger partial charge in [-0.05, 0) is 34.1 Å². The van der Waals surface area contributed by atoms with Gasteiger partial charge in [0.05, 0.1) is 25.3 Å². The first-order valence-electron chi connectivity index (χ1n) is 5.36. The lowest BCUT2D eigenvalue weighted by atomic mass is 10.2. The topological polar surface area (TPSA) is 84.9 Å². The predicted molar refractivity (Wildman–Crippen MR) is 71.1 cm³/mol. The fourth-order valence-corrected chi connectivity index (χ4v) is 1.77. The first-order chi connectivity index (χ1) is 9.03. The lowest BCUT2D eigenvalue weighted by Gasteiger charge is -2.14. The molecule has 104 valence electrons. The molecule has 0 bridgehead atoms. The van der Waals surface area contributed by atoms with Gasteiger partial charge in [0.25, 0.3) is 5.91 Å². The minimum atomic E-state index is -1.09. The molecule has 1 rings (SSSR count). The van der Waals surface area contributed by atoms with E-state index in [0.717, 1.165) is 0 Å². The number of rotatable bonds is 5. The zero-order chi connectivity index (χ0) is 14.4. The molecule has 0 saturated heterocycles. The van der Waals surface area contributed by atoms with Gasteiger partial charge in [-0.3, -0.25) is 4.79 Å². The number of amides is 1. The van der Waals surface area contributed by atoms with Crippen molar-refractivity contribution in [1.29, 1.82) is 0 Å². The van der Waals surface area contributed by atoms with Gasteiger partial charge in [-0.25, -0.2) is 4.79 Å². The first-order valence-corrected chi connectivity index (χ1v) is 6.15. The van der Waals surface area contributed by atoms with Crippen molar-refractivity contribution >= 4 is 27.8 Å². The standard InChI is InChI=1S/C12H14BrNO5/c1-18-10-5-7(3-4-8(10)13)11(16)14-9(6-15)12(17)19-2/h3-5,9,15H,6H2,1-2H3,(H,14,16). The maximum Gasteiger partial charge on any atom is 0.330 e. The minimum Gasteiger partial charge on any atom is -0.496 e. The molecule has 0 aliphatic heterocycles. The van der Waals surface area contributed by atoms with Crippen molar-refractivity contribution in [3.8, 4) is 5.75 Å². The Morgan fingerprint density at radius 1 is 1.42 bits per heavy atom. The van der Waals surface area contributed by atoms with Gasteiger partial charge in [-0.15, -0.1) is 0 Å². The smallest absolute Gasteiger partial charge is 0.330 e. The normalized spacial score (nSPS) is 11.6. The van der Waals surface area contributed by atoms with Crippen molar-refractivity contribution in [1.82, 2.24) is 5.32 Å². The van der Waals surface area contributed by atoms with Crippen molar-refractivity contribution in [3.05, 3.63) is 28.2 Å². The second-order valence-corrected chi connectivity index (χ2v) is 4.44. The Kier molecular flexibility index (Phi) is 5.78. The number of nitrogens with one attached hydrogen (secondary N) is 1. The summed E-state index contributed by atoms with van der Waals surface area (Å²) >= 11 is 3.27. The number of carbonyl (C=O) groups is 2. The van der Waals surface area contributed by atoms with Crippen LogP contribution in [0.1, 0.15) is 10.4 Å². The van der Waals surface area contributed by atoms with Crippen LogP contribution in [0.3, 0.4) is 0 Å². The lowest BCUT2D eigenvalue weighted by molar-refractivity contribution is -0.143. The molecule has 0 aliphatic carbocycles. The van der Waals surface area contributed by atoms with Gasteiger partial charge in [-0.2, -0.15) is 0 Å². The van der Waals surface area contributed by atoms with Gasteiger partial charge >= 0.3 is 5.97 Å². The average Bonchev–Trinajstić information content (AvgIpc) is 2.44. The first kappa shape index (κ1) is 15.5. The van der Waals surface area contributed by atoms with E-state index in [1.165, 1.54) is 20.3 Å². The van der Waals surface area contributed by atoms with Gasteiger partial charge in [0.15, 0.2) is 6.04 Å². The summed E-state index contributed by atoms with van der Waals surface area (Å²) in [6, 6.07) is 3.64. The molecule has 19 heavy (non-hydrogen) atoms. The molecule has 0 radical (unpaired) electrons. The third kappa shape index (κ3) is 3.93. The predicted octanol–water partition coefficient (Wildman–Crippen LogP) is 0.721. The second kappa shape index (κ2) is 7.10. The SMILES string of the molecule is COC(=O)C(CO)NC(=O)c1ccc(Br)c(OC)c1. The largest absolute Gasteiger partial charge is 0.496 e. The summed E-state index contributed by atoms with van der Waals surface area (Å²) in [5.41, 5.74) is 0.308. The number of hydrogen-bond donors (Lipinski definition) is 2. The van der Waals surface area contributed by atoms with E-state index in [2.05, 4.69) is 26.0 Å². The summed E-state index contributed by atoms with van der Waals surface area (Å²) in [6.45, 7) is -0.536. The molecule has 0 aliphatic rings. The third-order valence-electron chi connectivity index (χ3n) is 2.39. The molecule has 7 heteroatoms. The van der Waals surface area contributed by atoms with Crippen LogP contribution in [0.15, 0.2) is 22.7 Å². The molecule has 1 aromatic carbocycles. The van der Waals surface area contributed by atoms with E-state index >= 15 is 0 Å². The van der Waals surface area contributed by atoms with Crippen molar-refractivity contribution in [2.75, 3.05) is 20.8 Å². The number of benzene rings is 1. The fraction of sp³-hybridized carbons (Fsp3) is 0.333. The summed E-state index contributed by atoms with van der Waals surface area (Å²) in [6.07, 6.45) is 0. The van der Waals surface area contributed by atoms with E-state index in [-0.39, 0.29) is 0 Å². The highest BCUT2D eigenvalue weighted by atomic mass is 79.9. The maximum absolute atomic E-state index is 11.9. The molecule has 1 unspecified atom stereocenters. The van der Waals surface area contributed by atoms with Crippen LogP contribution in [0.25, 0.3) is 0 Å². The van der Waals surface area contributed by atoms with Gasteiger partial charge in [0, 0.05) is 5.56 Å².